The van der Waals surface area contributed by atoms with Crippen LogP contribution in [0.5, 0.6) is 0 Å². The molecule has 0 aromatic heterocycles. The van der Waals surface area contributed by atoms with Crippen molar-refractivity contribution in [2.24, 2.45) is 0 Å². The van der Waals surface area contributed by atoms with Crippen LogP contribution in [0, 0.1) is 0 Å². The van der Waals surface area contributed by atoms with E-state index in [0.717, 1.165) is 0 Å². The van der Waals surface area contributed by atoms with Gasteiger partial charge in [-0.15, -0.1) is 0 Å². The van der Waals surface area contributed by atoms with E-state index in [4.69, 9.17) is 18.3 Å². The van der Waals surface area contributed by atoms with Crippen LogP contribution in [-0.4, -0.2) is 46.6 Å². The third kappa shape index (κ3) is 5.89. The lowest BCUT2D eigenvalue weighted by Gasteiger charge is -2.24. The highest BCUT2D eigenvalue weighted by molar-refractivity contribution is 6.71. The molecule has 0 N–H and O–H groups in total. The Morgan fingerprint density at radius 2 is 1.10 bits per heavy atom. The second kappa shape index (κ2) is 5.83. The van der Waals surface area contributed by atoms with E-state index < -0.39 is 46.6 Å². The van der Waals surface area contributed by atoms with E-state index in [0.29, 0.717) is 0 Å². The van der Waals surface area contributed by atoms with E-state index in [1.807, 2.05) is 39.3 Å². The van der Waals surface area contributed by atoms with Gasteiger partial charge in [-0.1, -0.05) is 0 Å². The normalized spacial score (nSPS) is 25.5. The van der Waals surface area contributed by atoms with Gasteiger partial charge in [-0.3, -0.25) is 9.59 Å². The molecule has 0 aromatic carbocycles. The smallest absolute Gasteiger partial charge is 0.325 e. The van der Waals surface area contributed by atoms with Crippen LogP contribution < -0.4 is 0 Å². The maximum absolute atomic E-state index is 12.2. The first kappa shape index (κ1) is 18.3. The first-order valence-corrected chi connectivity index (χ1v) is 13.8. The minimum Gasteiger partial charge on any atom is -0.518 e. The predicted molar refractivity (Wildman–Crippen MR) is 82.7 cm³/mol. The van der Waals surface area contributed by atoms with E-state index in [1.165, 1.54) is 0 Å². The first-order chi connectivity index (χ1) is 9.20. The molecule has 0 unspecified atom stereocenters. The summed E-state index contributed by atoms with van der Waals surface area (Å²) in [5, 5.41) is 0. The zero-order valence-electron chi connectivity index (χ0n) is 14.1. The van der Waals surface area contributed by atoms with E-state index in [2.05, 4.69) is 0 Å². The van der Waals surface area contributed by atoms with E-state index >= 15 is 0 Å². The Balaban J connectivity index is 2.89. The molecule has 21 heavy (non-hydrogen) atoms. The van der Waals surface area contributed by atoms with Gasteiger partial charge in [-0.05, 0) is 53.1 Å². The van der Waals surface area contributed by atoms with Crippen molar-refractivity contribution in [1.29, 1.82) is 0 Å². The summed E-state index contributed by atoms with van der Waals surface area (Å²) in [4.78, 5) is 24.5. The molecule has 122 valence electrons. The summed E-state index contributed by atoms with van der Waals surface area (Å²) in [7, 11) is -4.15. The van der Waals surface area contributed by atoms with Crippen molar-refractivity contribution < 1.29 is 27.9 Å². The Bertz CT molecular complexity index is 383. The quantitative estimate of drug-likeness (QED) is 0.735. The molecule has 0 spiro atoms. The fraction of sp³-hybridized carbons (Fsp3) is 0.846. The van der Waals surface area contributed by atoms with Crippen LogP contribution in [0.2, 0.25) is 39.3 Å². The third-order valence-electron chi connectivity index (χ3n) is 2.37. The van der Waals surface area contributed by atoms with Crippen LogP contribution >= 0.6 is 0 Å². The minimum atomic E-state index is -2.07. The molecule has 1 rings (SSSR count). The molecule has 0 radical (unpaired) electrons. The first-order valence-electron chi connectivity index (χ1n) is 7.02. The van der Waals surface area contributed by atoms with Crippen molar-refractivity contribution in [3.05, 3.63) is 0 Å². The third-order valence-corrected chi connectivity index (χ3v) is 4.00. The lowest BCUT2D eigenvalue weighted by molar-refractivity contribution is -0.168. The lowest BCUT2D eigenvalue weighted by atomic mass is 10.2. The molecular weight excluding hydrogens is 308 g/mol. The predicted octanol–water partition coefficient (Wildman–Crippen LogP) is 2.26. The van der Waals surface area contributed by atoms with Crippen LogP contribution in [0.3, 0.4) is 0 Å². The van der Waals surface area contributed by atoms with Gasteiger partial charge in [-0.2, -0.15) is 0 Å². The van der Waals surface area contributed by atoms with Gasteiger partial charge in [0.25, 0.3) is 0 Å². The Morgan fingerprint density at radius 3 is 1.33 bits per heavy atom. The van der Waals surface area contributed by atoms with Gasteiger partial charge >= 0.3 is 11.9 Å². The second-order valence-electron chi connectivity index (χ2n) is 7.54. The molecule has 0 aliphatic carbocycles. The fourth-order valence-electron chi connectivity index (χ4n) is 1.83. The molecule has 1 aliphatic heterocycles. The molecule has 1 aliphatic rings. The summed E-state index contributed by atoms with van der Waals surface area (Å²) in [6, 6.07) is 0. The van der Waals surface area contributed by atoms with Crippen molar-refractivity contribution in [1.82, 2.24) is 0 Å². The SMILES string of the molecule is CC1(C)O[C@@H](C(=O)O[Si](C)(C)C)[C@H](C(=O)O[Si](C)(C)C)O1. The summed E-state index contributed by atoms with van der Waals surface area (Å²) in [6.07, 6.45) is -2.15. The van der Waals surface area contributed by atoms with Gasteiger partial charge in [-0.25, -0.2) is 0 Å². The number of hydrogen-bond donors (Lipinski definition) is 0. The monoisotopic (exact) mass is 334 g/mol. The van der Waals surface area contributed by atoms with Crippen molar-refractivity contribution in [2.75, 3.05) is 0 Å². The Kier molecular flexibility index (Phi) is 5.09. The molecule has 0 amide bonds. The molecule has 2 atom stereocenters. The Hall–Kier alpha value is -0.706. The number of hydrogen-bond acceptors (Lipinski definition) is 6. The molecule has 0 bridgehead atoms. The van der Waals surface area contributed by atoms with E-state index in [9.17, 15) is 9.59 Å². The molecule has 1 fully saturated rings. The molecule has 1 heterocycles. The molecule has 0 saturated carbocycles. The highest BCUT2D eigenvalue weighted by Crippen LogP contribution is 2.30. The zero-order chi connectivity index (χ0) is 16.6. The van der Waals surface area contributed by atoms with Crippen LogP contribution in [-0.2, 0) is 27.9 Å². The van der Waals surface area contributed by atoms with Crippen LogP contribution in [0.1, 0.15) is 13.8 Å². The average molecular weight is 335 g/mol. The summed E-state index contributed by atoms with van der Waals surface area (Å²) in [5.41, 5.74) is 0. The van der Waals surface area contributed by atoms with Gasteiger partial charge in [0.1, 0.15) is 0 Å². The highest BCUT2D eigenvalue weighted by atomic mass is 28.4. The maximum Gasteiger partial charge on any atom is 0.325 e. The highest BCUT2D eigenvalue weighted by Gasteiger charge is 2.51. The molecule has 8 heteroatoms. The summed E-state index contributed by atoms with van der Waals surface area (Å²) in [5.74, 6) is -2.14. The van der Waals surface area contributed by atoms with E-state index in [1.54, 1.807) is 13.8 Å². The van der Waals surface area contributed by atoms with Crippen molar-refractivity contribution in [3.63, 3.8) is 0 Å². The average Bonchev–Trinajstić information content (AvgIpc) is 2.49. The zero-order valence-corrected chi connectivity index (χ0v) is 16.1. The van der Waals surface area contributed by atoms with Crippen LogP contribution in [0.25, 0.3) is 0 Å². The van der Waals surface area contributed by atoms with Gasteiger partial charge in [0, 0.05) is 0 Å². The molecular formula is C13H26O6Si2. The second-order valence-corrected chi connectivity index (χ2v) is 16.4. The van der Waals surface area contributed by atoms with Gasteiger partial charge in [0.15, 0.2) is 18.0 Å². The number of carbonyl (C=O) groups is 2. The lowest BCUT2D eigenvalue weighted by Crippen LogP contribution is -2.45. The minimum absolute atomic E-state index is 0.558. The fourth-order valence-corrected chi connectivity index (χ4v) is 3.27. The number of ether oxygens (including phenoxy) is 2. The van der Waals surface area contributed by atoms with E-state index in [-0.39, 0.29) is 0 Å². The molecule has 6 nitrogen and oxygen atoms in total. The van der Waals surface area contributed by atoms with Crippen LogP contribution in [0.15, 0.2) is 0 Å². The Morgan fingerprint density at radius 1 is 0.810 bits per heavy atom. The van der Waals surface area contributed by atoms with Gasteiger partial charge in [0.05, 0.1) is 0 Å². The Labute approximate surface area is 128 Å². The number of carbonyl (C=O) groups excluding carboxylic acids is 2. The largest absolute Gasteiger partial charge is 0.518 e. The summed E-state index contributed by atoms with van der Waals surface area (Å²) < 4.78 is 21.9. The standard InChI is InChI=1S/C13H26O6Si2/c1-13(2)16-9(11(14)18-20(3,4)5)10(17-13)12(15)19-21(6,7)8/h9-10H,1-8H3/t9-,10-/m1/s1. The van der Waals surface area contributed by atoms with Crippen LogP contribution in [0.4, 0.5) is 0 Å². The van der Waals surface area contributed by atoms with Gasteiger partial charge in [0.2, 0.25) is 16.6 Å². The number of rotatable bonds is 4. The van der Waals surface area contributed by atoms with Gasteiger partial charge < -0.3 is 18.3 Å². The van der Waals surface area contributed by atoms with Crippen molar-refractivity contribution >= 4 is 28.6 Å². The van der Waals surface area contributed by atoms with Crippen molar-refractivity contribution in [3.8, 4) is 0 Å². The maximum atomic E-state index is 12.2. The molecule has 0 aromatic rings. The van der Waals surface area contributed by atoms with Crippen molar-refractivity contribution in [2.45, 2.75) is 71.1 Å². The topological polar surface area (TPSA) is 71.1 Å². The summed E-state index contributed by atoms with van der Waals surface area (Å²) in [6.45, 7) is 14.7. The molecule has 1 saturated heterocycles. The summed E-state index contributed by atoms with van der Waals surface area (Å²) >= 11 is 0.